The molecule has 5 nitrogen and oxygen atoms in total. The normalized spacial score (nSPS) is 11.0. The Morgan fingerprint density at radius 2 is 1.73 bits per heavy atom. The number of ether oxygens (including phenoxy) is 2. The van der Waals surface area contributed by atoms with Crippen LogP contribution in [0.15, 0.2) is 42.5 Å². The minimum absolute atomic E-state index is 0.207. The molecule has 0 aromatic heterocycles. The number of benzene rings is 2. The molecule has 0 aliphatic rings. The number of sulfonamides is 1. The van der Waals surface area contributed by atoms with Gasteiger partial charge in [-0.3, -0.25) is 4.72 Å². The van der Waals surface area contributed by atoms with E-state index in [2.05, 4.69) is 4.72 Å². The number of anilines is 1. The summed E-state index contributed by atoms with van der Waals surface area (Å²) < 4.78 is 37.2. The standard InChI is InChI=1S/C15H16ClNO4S/c1-20-14-8-7-12(9-15(14)21-2)17-22(18,19)10-11-5-3-4-6-13(11)16/h3-9,17H,10H2,1-2H3. The maximum absolute atomic E-state index is 12.2. The summed E-state index contributed by atoms with van der Waals surface area (Å²) in [6, 6.07) is 11.6. The minimum Gasteiger partial charge on any atom is -0.493 e. The zero-order valence-corrected chi connectivity index (χ0v) is 13.7. The van der Waals surface area contributed by atoms with Gasteiger partial charge in [-0.25, -0.2) is 8.42 Å². The maximum atomic E-state index is 12.2. The van der Waals surface area contributed by atoms with Crippen molar-refractivity contribution in [2.45, 2.75) is 5.75 Å². The van der Waals surface area contributed by atoms with Crippen molar-refractivity contribution in [1.82, 2.24) is 0 Å². The van der Waals surface area contributed by atoms with E-state index >= 15 is 0 Å². The van der Waals surface area contributed by atoms with Gasteiger partial charge in [0.1, 0.15) is 0 Å². The van der Waals surface area contributed by atoms with Gasteiger partial charge in [-0.1, -0.05) is 29.8 Å². The van der Waals surface area contributed by atoms with Crippen molar-refractivity contribution in [3.05, 3.63) is 53.1 Å². The van der Waals surface area contributed by atoms with E-state index in [0.29, 0.717) is 27.8 Å². The van der Waals surface area contributed by atoms with Crippen LogP contribution >= 0.6 is 11.6 Å². The quantitative estimate of drug-likeness (QED) is 0.875. The fourth-order valence-corrected chi connectivity index (χ4v) is 3.44. The van der Waals surface area contributed by atoms with Gasteiger partial charge in [-0.05, 0) is 23.8 Å². The number of hydrogen-bond acceptors (Lipinski definition) is 4. The monoisotopic (exact) mass is 341 g/mol. The fraction of sp³-hybridized carbons (Fsp3) is 0.200. The lowest BCUT2D eigenvalue weighted by Crippen LogP contribution is -2.15. The molecule has 2 aromatic carbocycles. The highest BCUT2D eigenvalue weighted by Crippen LogP contribution is 2.30. The Morgan fingerprint density at radius 3 is 2.36 bits per heavy atom. The van der Waals surface area contributed by atoms with Crippen LogP contribution in [0.2, 0.25) is 5.02 Å². The molecule has 0 bridgehead atoms. The lowest BCUT2D eigenvalue weighted by molar-refractivity contribution is 0.355. The van der Waals surface area contributed by atoms with Crippen LogP contribution < -0.4 is 14.2 Å². The summed E-state index contributed by atoms with van der Waals surface area (Å²) in [5.41, 5.74) is 0.932. The van der Waals surface area contributed by atoms with Crippen LogP contribution in [0.25, 0.3) is 0 Å². The molecule has 0 saturated carbocycles. The first-order chi connectivity index (χ1) is 10.4. The molecule has 0 atom stereocenters. The van der Waals surface area contributed by atoms with E-state index in [4.69, 9.17) is 21.1 Å². The minimum atomic E-state index is -3.59. The zero-order valence-electron chi connectivity index (χ0n) is 12.2. The van der Waals surface area contributed by atoms with Gasteiger partial charge in [0, 0.05) is 11.1 Å². The van der Waals surface area contributed by atoms with Gasteiger partial charge in [0.15, 0.2) is 11.5 Å². The number of halogens is 1. The van der Waals surface area contributed by atoms with Crippen molar-refractivity contribution < 1.29 is 17.9 Å². The summed E-state index contributed by atoms with van der Waals surface area (Å²) in [6.45, 7) is 0. The SMILES string of the molecule is COc1ccc(NS(=O)(=O)Cc2ccccc2Cl)cc1OC. The molecular weight excluding hydrogens is 326 g/mol. The van der Waals surface area contributed by atoms with Crippen LogP contribution in [-0.2, 0) is 15.8 Å². The average Bonchev–Trinajstić information content (AvgIpc) is 2.49. The Kier molecular flexibility index (Phi) is 5.15. The first-order valence-electron chi connectivity index (χ1n) is 6.41. The van der Waals surface area contributed by atoms with Gasteiger partial charge in [0.2, 0.25) is 10.0 Å². The second-order valence-electron chi connectivity index (χ2n) is 4.52. The van der Waals surface area contributed by atoms with Crippen LogP contribution in [0.1, 0.15) is 5.56 Å². The molecule has 0 radical (unpaired) electrons. The van der Waals surface area contributed by atoms with E-state index in [0.717, 1.165) is 0 Å². The van der Waals surface area contributed by atoms with Gasteiger partial charge < -0.3 is 9.47 Å². The first-order valence-corrected chi connectivity index (χ1v) is 8.44. The molecule has 0 amide bonds. The van der Waals surface area contributed by atoms with E-state index in [-0.39, 0.29) is 5.75 Å². The zero-order chi connectivity index (χ0) is 16.2. The highest BCUT2D eigenvalue weighted by Gasteiger charge is 2.15. The van der Waals surface area contributed by atoms with Crippen molar-refractivity contribution in [3.8, 4) is 11.5 Å². The molecule has 2 rings (SSSR count). The second kappa shape index (κ2) is 6.89. The van der Waals surface area contributed by atoms with E-state index in [1.54, 1.807) is 42.5 Å². The van der Waals surface area contributed by atoms with Crippen molar-refractivity contribution in [3.63, 3.8) is 0 Å². The van der Waals surface area contributed by atoms with Crippen molar-refractivity contribution in [2.24, 2.45) is 0 Å². The number of rotatable bonds is 6. The molecule has 118 valence electrons. The smallest absolute Gasteiger partial charge is 0.236 e. The summed E-state index contributed by atoms with van der Waals surface area (Å²) in [7, 11) is -0.587. The van der Waals surface area contributed by atoms with Crippen LogP contribution in [0.3, 0.4) is 0 Å². The largest absolute Gasteiger partial charge is 0.493 e. The molecule has 1 N–H and O–H groups in total. The average molecular weight is 342 g/mol. The Bertz CT molecular complexity index is 762. The highest BCUT2D eigenvalue weighted by molar-refractivity contribution is 7.91. The Labute approximate surface area is 134 Å². The molecule has 22 heavy (non-hydrogen) atoms. The molecular formula is C15H16ClNO4S. The molecule has 0 aliphatic heterocycles. The summed E-state index contributed by atoms with van der Waals surface area (Å²) in [6.07, 6.45) is 0. The Balaban J connectivity index is 2.20. The van der Waals surface area contributed by atoms with Gasteiger partial charge in [0.05, 0.1) is 25.7 Å². The molecule has 0 heterocycles. The lowest BCUT2D eigenvalue weighted by atomic mass is 10.2. The van der Waals surface area contributed by atoms with E-state index < -0.39 is 10.0 Å². The van der Waals surface area contributed by atoms with Crippen LogP contribution in [0.4, 0.5) is 5.69 Å². The number of methoxy groups -OCH3 is 2. The third-order valence-electron chi connectivity index (χ3n) is 2.96. The van der Waals surface area contributed by atoms with Gasteiger partial charge in [0.25, 0.3) is 0 Å². The molecule has 0 saturated heterocycles. The molecule has 0 fully saturated rings. The third kappa shape index (κ3) is 4.05. The molecule has 0 aliphatic carbocycles. The van der Waals surface area contributed by atoms with E-state index in [1.165, 1.54) is 14.2 Å². The topological polar surface area (TPSA) is 64.6 Å². The number of nitrogens with one attached hydrogen (secondary N) is 1. The fourth-order valence-electron chi connectivity index (χ4n) is 1.94. The summed E-state index contributed by atoms with van der Waals surface area (Å²) in [5, 5.41) is 0.417. The van der Waals surface area contributed by atoms with Crippen molar-refractivity contribution in [2.75, 3.05) is 18.9 Å². The number of hydrogen-bond donors (Lipinski definition) is 1. The molecule has 7 heteroatoms. The second-order valence-corrected chi connectivity index (χ2v) is 6.65. The van der Waals surface area contributed by atoms with Gasteiger partial charge in [-0.15, -0.1) is 0 Å². The van der Waals surface area contributed by atoms with E-state index in [1.807, 2.05) is 0 Å². The molecule has 0 spiro atoms. The van der Waals surface area contributed by atoms with Crippen LogP contribution in [0.5, 0.6) is 11.5 Å². The highest BCUT2D eigenvalue weighted by atomic mass is 35.5. The van der Waals surface area contributed by atoms with Crippen LogP contribution in [0, 0.1) is 0 Å². The Morgan fingerprint density at radius 1 is 1.05 bits per heavy atom. The Hall–Kier alpha value is -1.92. The predicted octanol–water partition coefficient (Wildman–Crippen LogP) is 3.30. The first kappa shape index (κ1) is 16.5. The van der Waals surface area contributed by atoms with Crippen molar-refractivity contribution >= 4 is 27.3 Å². The summed E-state index contributed by atoms with van der Waals surface area (Å²) in [4.78, 5) is 0. The summed E-state index contributed by atoms with van der Waals surface area (Å²) >= 11 is 5.99. The van der Waals surface area contributed by atoms with Gasteiger partial charge in [-0.2, -0.15) is 0 Å². The van der Waals surface area contributed by atoms with Gasteiger partial charge >= 0.3 is 0 Å². The van der Waals surface area contributed by atoms with Crippen LogP contribution in [-0.4, -0.2) is 22.6 Å². The third-order valence-corrected chi connectivity index (χ3v) is 4.57. The van der Waals surface area contributed by atoms with E-state index in [9.17, 15) is 8.42 Å². The maximum Gasteiger partial charge on any atom is 0.236 e. The molecule has 2 aromatic rings. The van der Waals surface area contributed by atoms with Crippen molar-refractivity contribution in [1.29, 1.82) is 0 Å². The predicted molar refractivity (Wildman–Crippen MR) is 87.2 cm³/mol. The molecule has 0 unspecified atom stereocenters. The summed E-state index contributed by atoms with van der Waals surface area (Å²) in [5.74, 6) is 0.762. The lowest BCUT2D eigenvalue weighted by Gasteiger charge is -2.12.